The van der Waals surface area contributed by atoms with E-state index in [9.17, 15) is 9.59 Å². The molecule has 174 valence electrons. The molecule has 1 aromatic rings. The Labute approximate surface area is 192 Å². The van der Waals surface area contributed by atoms with Crippen LogP contribution in [0.3, 0.4) is 0 Å². The molecule has 0 aromatic heterocycles. The molecule has 0 radical (unpaired) electrons. The van der Waals surface area contributed by atoms with Crippen LogP contribution in [0.5, 0.6) is 0 Å². The minimum absolute atomic E-state index is 0.144. The molecule has 0 atom stereocenters. The average Bonchev–Trinajstić information content (AvgIpc) is 3.03. The van der Waals surface area contributed by atoms with Crippen LogP contribution in [0.2, 0.25) is 23.2 Å². The van der Waals surface area contributed by atoms with E-state index in [4.69, 9.17) is 20.8 Å². The number of halogens is 1. The largest absolute Gasteiger partial charge is 0.466 e. The molecular weight excluding hydrogens is 434 g/mol. The quantitative estimate of drug-likeness (QED) is 0.297. The van der Waals surface area contributed by atoms with Crippen molar-refractivity contribution in [1.29, 1.82) is 0 Å². The summed E-state index contributed by atoms with van der Waals surface area (Å²) in [5.74, 6) is -0.292. The monoisotopic (exact) mass is 469 g/mol. The molecule has 0 spiro atoms. The van der Waals surface area contributed by atoms with Gasteiger partial charge in [0, 0.05) is 31.9 Å². The van der Waals surface area contributed by atoms with Gasteiger partial charge >= 0.3 is 12.0 Å². The highest BCUT2D eigenvalue weighted by atomic mass is 35.5. The van der Waals surface area contributed by atoms with Gasteiger partial charge in [-0.25, -0.2) is 4.79 Å². The summed E-state index contributed by atoms with van der Waals surface area (Å²) < 4.78 is 11.1. The second-order valence-corrected chi connectivity index (χ2v) is 14.4. The van der Waals surface area contributed by atoms with Gasteiger partial charge in [-0.05, 0) is 43.3 Å². The van der Waals surface area contributed by atoms with Gasteiger partial charge in [0.2, 0.25) is 0 Å². The number of amides is 2. The van der Waals surface area contributed by atoms with E-state index in [0.717, 1.165) is 5.69 Å². The Morgan fingerprint density at radius 3 is 2.58 bits per heavy atom. The second kappa shape index (κ2) is 10.7. The van der Waals surface area contributed by atoms with E-state index in [1.807, 2.05) is 18.2 Å². The Morgan fingerprint density at radius 1 is 1.26 bits per heavy atom. The summed E-state index contributed by atoms with van der Waals surface area (Å²) in [4.78, 5) is 27.6. The standard InChI is InChI=1S/C22H36ClN3O4Si/c1-7-29-20(27)10-12-25-13-14-26(21(25)28)19-9-8-17(16-18(19)23)24-11-15-30-31(5,6)22(2,3)4/h8-9,16,24H,7,10-15H2,1-6H3. The third-order valence-electron chi connectivity index (χ3n) is 5.92. The number of hydrogen-bond donors (Lipinski definition) is 1. The number of esters is 1. The Bertz CT molecular complexity index is 783. The molecule has 2 rings (SSSR count). The summed E-state index contributed by atoms with van der Waals surface area (Å²) >= 11 is 6.49. The summed E-state index contributed by atoms with van der Waals surface area (Å²) in [6, 6.07) is 5.46. The van der Waals surface area contributed by atoms with Crippen LogP contribution < -0.4 is 10.2 Å². The maximum atomic E-state index is 12.7. The minimum atomic E-state index is -1.76. The van der Waals surface area contributed by atoms with Crippen LogP contribution in [-0.2, 0) is 14.0 Å². The maximum Gasteiger partial charge on any atom is 0.324 e. The number of ether oxygens (including phenoxy) is 1. The minimum Gasteiger partial charge on any atom is -0.466 e. The first-order chi connectivity index (χ1) is 14.5. The molecule has 1 aliphatic heterocycles. The van der Waals surface area contributed by atoms with Crippen molar-refractivity contribution in [2.75, 3.05) is 49.6 Å². The van der Waals surface area contributed by atoms with Crippen molar-refractivity contribution in [1.82, 2.24) is 4.90 Å². The SMILES string of the molecule is CCOC(=O)CCN1CCN(c2ccc(NCCO[Si](C)(C)C(C)(C)C)cc2Cl)C1=O. The molecule has 1 saturated heterocycles. The predicted octanol–water partition coefficient (Wildman–Crippen LogP) is 4.97. The number of nitrogens with zero attached hydrogens (tertiary/aromatic N) is 2. The molecule has 1 N–H and O–H groups in total. The fraction of sp³-hybridized carbons (Fsp3) is 0.636. The number of rotatable bonds is 10. The topological polar surface area (TPSA) is 71.1 Å². The zero-order chi connectivity index (χ0) is 23.2. The van der Waals surface area contributed by atoms with Crippen LogP contribution in [0.15, 0.2) is 18.2 Å². The van der Waals surface area contributed by atoms with E-state index in [2.05, 4.69) is 39.2 Å². The molecule has 1 aliphatic rings. The molecule has 31 heavy (non-hydrogen) atoms. The summed E-state index contributed by atoms with van der Waals surface area (Å²) in [5, 5.41) is 4.03. The molecule has 0 saturated carbocycles. The number of urea groups is 1. The normalized spacial score (nSPS) is 14.9. The molecular formula is C22H36ClN3O4Si. The molecule has 0 aliphatic carbocycles. The van der Waals surface area contributed by atoms with E-state index in [-0.39, 0.29) is 23.5 Å². The van der Waals surface area contributed by atoms with E-state index < -0.39 is 8.32 Å². The Kier molecular flexibility index (Phi) is 8.80. The van der Waals surface area contributed by atoms with Gasteiger partial charge in [-0.1, -0.05) is 32.4 Å². The van der Waals surface area contributed by atoms with Crippen molar-refractivity contribution in [2.45, 2.75) is 52.2 Å². The number of benzene rings is 1. The van der Waals surface area contributed by atoms with Gasteiger partial charge in [0.1, 0.15) is 0 Å². The highest BCUT2D eigenvalue weighted by molar-refractivity contribution is 6.74. The number of nitrogens with one attached hydrogen (secondary N) is 1. The molecule has 1 heterocycles. The second-order valence-electron chi connectivity index (χ2n) is 9.18. The molecule has 7 nitrogen and oxygen atoms in total. The van der Waals surface area contributed by atoms with Gasteiger partial charge in [0.15, 0.2) is 8.32 Å². The Morgan fingerprint density at radius 2 is 1.97 bits per heavy atom. The van der Waals surface area contributed by atoms with Crippen LogP contribution in [0, 0.1) is 0 Å². The zero-order valence-corrected chi connectivity index (χ0v) is 21.3. The predicted molar refractivity (Wildman–Crippen MR) is 129 cm³/mol. The van der Waals surface area contributed by atoms with Crippen LogP contribution in [0.25, 0.3) is 0 Å². The Hall–Kier alpha value is -1.77. The smallest absolute Gasteiger partial charge is 0.324 e. The summed E-state index contributed by atoms with van der Waals surface area (Å²) in [6.45, 7) is 16.0. The van der Waals surface area contributed by atoms with E-state index >= 15 is 0 Å². The first kappa shape index (κ1) is 25.5. The number of carbonyl (C=O) groups is 2. The number of anilines is 2. The first-order valence-electron chi connectivity index (χ1n) is 10.9. The van der Waals surface area contributed by atoms with Crippen molar-refractivity contribution in [2.24, 2.45) is 0 Å². The van der Waals surface area contributed by atoms with Gasteiger partial charge in [-0.2, -0.15) is 0 Å². The molecule has 1 fully saturated rings. The van der Waals surface area contributed by atoms with Gasteiger partial charge < -0.3 is 19.4 Å². The van der Waals surface area contributed by atoms with Crippen molar-refractivity contribution < 1.29 is 18.8 Å². The lowest BCUT2D eigenvalue weighted by atomic mass is 10.2. The third kappa shape index (κ3) is 6.85. The summed E-state index contributed by atoms with van der Waals surface area (Å²) in [7, 11) is -1.76. The fourth-order valence-electron chi connectivity index (χ4n) is 3.03. The van der Waals surface area contributed by atoms with Crippen LogP contribution in [0.4, 0.5) is 16.2 Å². The van der Waals surface area contributed by atoms with Gasteiger partial charge in [0.25, 0.3) is 0 Å². The molecule has 1 aromatic carbocycles. The van der Waals surface area contributed by atoms with Gasteiger partial charge in [-0.3, -0.25) is 9.69 Å². The highest BCUT2D eigenvalue weighted by Crippen LogP contribution is 2.36. The number of hydrogen-bond acceptors (Lipinski definition) is 5. The van der Waals surface area contributed by atoms with Crippen LogP contribution in [0.1, 0.15) is 34.1 Å². The molecule has 2 amide bonds. The summed E-state index contributed by atoms with van der Waals surface area (Å²) in [5.41, 5.74) is 1.56. The van der Waals surface area contributed by atoms with E-state index in [1.54, 1.807) is 16.7 Å². The van der Waals surface area contributed by atoms with Gasteiger partial charge in [0.05, 0.1) is 30.3 Å². The molecule has 9 heteroatoms. The van der Waals surface area contributed by atoms with Crippen molar-refractivity contribution in [3.8, 4) is 0 Å². The van der Waals surface area contributed by atoms with E-state index in [0.29, 0.717) is 50.1 Å². The number of carbonyl (C=O) groups excluding carboxylic acids is 2. The molecule has 0 unspecified atom stereocenters. The van der Waals surface area contributed by atoms with Crippen molar-refractivity contribution in [3.05, 3.63) is 23.2 Å². The van der Waals surface area contributed by atoms with Crippen molar-refractivity contribution in [3.63, 3.8) is 0 Å². The van der Waals surface area contributed by atoms with Crippen LogP contribution >= 0.6 is 11.6 Å². The lowest BCUT2D eigenvalue weighted by Gasteiger charge is -2.36. The fourth-order valence-corrected chi connectivity index (χ4v) is 4.35. The van der Waals surface area contributed by atoms with Crippen molar-refractivity contribution >= 4 is 43.3 Å². The lowest BCUT2D eigenvalue weighted by Crippen LogP contribution is -2.41. The maximum absolute atomic E-state index is 12.7. The highest BCUT2D eigenvalue weighted by Gasteiger charge is 2.36. The summed E-state index contributed by atoms with van der Waals surface area (Å²) in [6.07, 6.45) is 0.195. The van der Waals surface area contributed by atoms with Gasteiger partial charge in [-0.15, -0.1) is 0 Å². The Balaban J connectivity index is 1.88. The lowest BCUT2D eigenvalue weighted by molar-refractivity contribution is -0.143. The third-order valence-corrected chi connectivity index (χ3v) is 10.8. The first-order valence-corrected chi connectivity index (χ1v) is 14.1. The van der Waals surface area contributed by atoms with E-state index in [1.165, 1.54) is 0 Å². The molecule has 0 bridgehead atoms. The zero-order valence-electron chi connectivity index (χ0n) is 19.6. The average molecular weight is 470 g/mol. The van der Waals surface area contributed by atoms with Crippen LogP contribution in [-0.4, -0.2) is 64.6 Å².